The van der Waals surface area contributed by atoms with Crippen molar-refractivity contribution in [3.8, 4) is 0 Å². The van der Waals surface area contributed by atoms with E-state index in [0.29, 0.717) is 6.61 Å². The lowest BCUT2D eigenvalue weighted by atomic mass is 9.78. The minimum atomic E-state index is 0.710. The van der Waals surface area contributed by atoms with Gasteiger partial charge in [0.1, 0.15) is 0 Å². The Kier molecular flexibility index (Phi) is 6.75. The summed E-state index contributed by atoms with van der Waals surface area (Å²) in [5, 5.41) is 0. The second-order valence-corrected chi connectivity index (χ2v) is 6.01. The first-order valence-electron chi connectivity index (χ1n) is 8.23. The van der Waals surface area contributed by atoms with Gasteiger partial charge in [-0.25, -0.2) is 0 Å². The van der Waals surface area contributed by atoms with Crippen molar-refractivity contribution < 1.29 is 4.74 Å². The average Bonchev–Trinajstić information content (AvgIpc) is 2.53. The third-order valence-corrected chi connectivity index (χ3v) is 4.42. The maximum Gasteiger partial charge on any atom is 0.0717 e. The molecule has 0 N–H and O–H groups in total. The van der Waals surface area contributed by atoms with Crippen LogP contribution in [0.5, 0.6) is 0 Å². The van der Waals surface area contributed by atoms with Crippen LogP contribution in [-0.4, -0.2) is 6.61 Å². The van der Waals surface area contributed by atoms with Crippen LogP contribution in [0, 0.1) is 5.92 Å². The Morgan fingerprint density at radius 1 is 1.14 bits per heavy atom. The molecule has 0 heterocycles. The van der Waals surface area contributed by atoms with Gasteiger partial charge < -0.3 is 4.74 Å². The molecular weight excluding hydrogens is 256 g/mol. The highest BCUT2D eigenvalue weighted by Gasteiger charge is 2.20. The van der Waals surface area contributed by atoms with Gasteiger partial charge in [0.25, 0.3) is 0 Å². The Labute approximate surface area is 129 Å². The van der Waals surface area contributed by atoms with Crippen LogP contribution in [0.1, 0.15) is 56.1 Å². The summed E-state index contributed by atoms with van der Waals surface area (Å²) in [4.78, 5) is 0. The van der Waals surface area contributed by atoms with Gasteiger partial charge >= 0.3 is 0 Å². The molecule has 1 fully saturated rings. The van der Waals surface area contributed by atoms with E-state index < -0.39 is 0 Å². The fourth-order valence-corrected chi connectivity index (χ4v) is 3.16. The number of benzene rings is 1. The third kappa shape index (κ3) is 5.17. The quantitative estimate of drug-likeness (QED) is 0.466. The van der Waals surface area contributed by atoms with E-state index in [-0.39, 0.29) is 0 Å². The van der Waals surface area contributed by atoms with E-state index in [9.17, 15) is 0 Å². The standard InChI is InChI=1S/C20H28O/c1-3-5-15-21-16-18-9-13-20(14-10-18)19-11-7-17(6-4-2)8-12-19/h3-4,6,9-10,13-14,17,19H,1,5,7-8,11-12,15-16H2,2H3/b6-4-/t17-,19-. The van der Waals surface area contributed by atoms with Crippen LogP contribution in [-0.2, 0) is 11.3 Å². The van der Waals surface area contributed by atoms with E-state index in [0.717, 1.165) is 24.9 Å². The maximum absolute atomic E-state index is 5.61. The highest BCUT2D eigenvalue weighted by molar-refractivity contribution is 5.25. The molecule has 1 nitrogen and oxygen atoms in total. The first-order chi connectivity index (χ1) is 10.3. The summed E-state index contributed by atoms with van der Waals surface area (Å²) >= 11 is 0. The fourth-order valence-electron chi connectivity index (χ4n) is 3.16. The van der Waals surface area contributed by atoms with Crippen LogP contribution in [0.2, 0.25) is 0 Å². The molecule has 1 aromatic carbocycles. The van der Waals surface area contributed by atoms with Crippen molar-refractivity contribution in [2.75, 3.05) is 6.61 Å². The smallest absolute Gasteiger partial charge is 0.0717 e. The first kappa shape index (κ1) is 16.0. The summed E-state index contributed by atoms with van der Waals surface area (Å²) < 4.78 is 5.61. The second-order valence-electron chi connectivity index (χ2n) is 6.01. The maximum atomic E-state index is 5.61. The van der Waals surface area contributed by atoms with Crippen molar-refractivity contribution >= 4 is 0 Å². The number of rotatable bonds is 7. The molecular formula is C20H28O. The van der Waals surface area contributed by atoms with Crippen molar-refractivity contribution in [3.05, 3.63) is 60.2 Å². The summed E-state index contributed by atoms with van der Waals surface area (Å²) in [5.74, 6) is 1.56. The van der Waals surface area contributed by atoms with Crippen molar-refractivity contribution in [1.29, 1.82) is 0 Å². The van der Waals surface area contributed by atoms with Crippen LogP contribution in [0.25, 0.3) is 0 Å². The lowest BCUT2D eigenvalue weighted by molar-refractivity contribution is 0.125. The highest BCUT2D eigenvalue weighted by atomic mass is 16.5. The van der Waals surface area contributed by atoms with Gasteiger partial charge in [-0.1, -0.05) is 42.5 Å². The van der Waals surface area contributed by atoms with E-state index >= 15 is 0 Å². The van der Waals surface area contributed by atoms with E-state index in [1.165, 1.54) is 36.8 Å². The van der Waals surface area contributed by atoms with E-state index in [1.807, 2.05) is 6.08 Å². The van der Waals surface area contributed by atoms with Gasteiger partial charge in [0.15, 0.2) is 0 Å². The monoisotopic (exact) mass is 284 g/mol. The minimum absolute atomic E-state index is 0.710. The van der Waals surface area contributed by atoms with Crippen LogP contribution >= 0.6 is 0 Å². The van der Waals surface area contributed by atoms with Gasteiger partial charge in [0, 0.05) is 0 Å². The number of ether oxygens (including phenoxy) is 1. The summed E-state index contributed by atoms with van der Waals surface area (Å²) in [6.07, 6.45) is 12.7. The Bertz CT molecular complexity index is 435. The molecule has 0 bridgehead atoms. The Balaban J connectivity index is 1.81. The van der Waals surface area contributed by atoms with E-state index in [4.69, 9.17) is 4.74 Å². The zero-order valence-electron chi connectivity index (χ0n) is 13.3. The molecule has 0 atom stereocenters. The van der Waals surface area contributed by atoms with E-state index in [2.05, 4.69) is 49.9 Å². The van der Waals surface area contributed by atoms with Crippen LogP contribution in [0.15, 0.2) is 49.1 Å². The van der Waals surface area contributed by atoms with Crippen LogP contribution in [0.3, 0.4) is 0 Å². The molecule has 21 heavy (non-hydrogen) atoms. The van der Waals surface area contributed by atoms with Crippen molar-refractivity contribution in [1.82, 2.24) is 0 Å². The van der Waals surface area contributed by atoms with Crippen molar-refractivity contribution in [3.63, 3.8) is 0 Å². The third-order valence-electron chi connectivity index (χ3n) is 4.42. The molecule has 1 heteroatoms. The Hall–Kier alpha value is -1.34. The van der Waals surface area contributed by atoms with Gasteiger partial charge in [-0.2, -0.15) is 0 Å². The molecule has 1 saturated carbocycles. The van der Waals surface area contributed by atoms with Crippen LogP contribution < -0.4 is 0 Å². The van der Waals surface area contributed by atoms with Crippen LogP contribution in [0.4, 0.5) is 0 Å². The lowest BCUT2D eigenvalue weighted by Crippen LogP contribution is -2.11. The van der Waals surface area contributed by atoms with Gasteiger partial charge in [-0.05, 0) is 62.0 Å². The van der Waals surface area contributed by atoms with Gasteiger partial charge in [0.05, 0.1) is 13.2 Å². The lowest BCUT2D eigenvalue weighted by Gasteiger charge is -2.27. The predicted molar refractivity (Wildman–Crippen MR) is 90.4 cm³/mol. The predicted octanol–water partition coefficient (Wildman–Crippen LogP) is 5.63. The molecule has 0 unspecified atom stereocenters. The molecule has 2 rings (SSSR count). The molecule has 0 aliphatic heterocycles. The van der Waals surface area contributed by atoms with Gasteiger partial charge in [0.2, 0.25) is 0 Å². The number of hydrogen-bond donors (Lipinski definition) is 0. The zero-order valence-corrected chi connectivity index (χ0v) is 13.3. The molecule has 0 spiro atoms. The van der Waals surface area contributed by atoms with Gasteiger partial charge in [-0.3, -0.25) is 0 Å². The van der Waals surface area contributed by atoms with Crippen molar-refractivity contribution in [2.45, 2.75) is 51.6 Å². The summed E-state index contributed by atoms with van der Waals surface area (Å²) in [5.41, 5.74) is 2.77. The summed E-state index contributed by atoms with van der Waals surface area (Å²) in [7, 11) is 0. The Morgan fingerprint density at radius 3 is 2.48 bits per heavy atom. The molecule has 1 aromatic rings. The SMILES string of the molecule is C=CCCOCc1ccc([C@H]2CC[C@H](/C=C\C)CC2)cc1. The van der Waals surface area contributed by atoms with E-state index in [1.54, 1.807) is 0 Å². The first-order valence-corrected chi connectivity index (χ1v) is 8.23. The molecule has 0 saturated heterocycles. The molecule has 0 aromatic heterocycles. The topological polar surface area (TPSA) is 9.23 Å². The number of allylic oxidation sites excluding steroid dienone is 2. The molecule has 1 aliphatic rings. The second kappa shape index (κ2) is 8.84. The average molecular weight is 284 g/mol. The largest absolute Gasteiger partial charge is 0.376 e. The minimum Gasteiger partial charge on any atom is -0.376 e. The summed E-state index contributed by atoms with van der Waals surface area (Å²) in [6, 6.07) is 9.04. The normalized spacial score (nSPS) is 22.5. The molecule has 1 aliphatic carbocycles. The van der Waals surface area contributed by atoms with Crippen molar-refractivity contribution in [2.24, 2.45) is 5.92 Å². The fraction of sp³-hybridized carbons (Fsp3) is 0.500. The highest BCUT2D eigenvalue weighted by Crippen LogP contribution is 2.36. The van der Waals surface area contributed by atoms with Gasteiger partial charge in [-0.15, -0.1) is 6.58 Å². The molecule has 0 radical (unpaired) electrons. The Morgan fingerprint density at radius 2 is 1.86 bits per heavy atom. The number of hydrogen-bond acceptors (Lipinski definition) is 1. The molecule has 0 amide bonds. The zero-order chi connectivity index (χ0) is 14.9. The molecule has 114 valence electrons. The summed E-state index contributed by atoms with van der Waals surface area (Å²) in [6.45, 7) is 7.30.